The van der Waals surface area contributed by atoms with Gasteiger partial charge in [0.25, 0.3) is 11.1 Å². The molecule has 2 aromatic rings. The fraction of sp³-hybridized carbons (Fsp3) is 0.357. The van der Waals surface area contributed by atoms with Crippen LogP contribution in [0.1, 0.15) is 63.3 Å². The Balaban J connectivity index is 1.89. The molecule has 1 fully saturated rings. The summed E-state index contributed by atoms with van der Waals surface area (Å²) in [7, 11) is 0. The molecule has 2 amide bonds. The summed E-state index contributed by atoms with van der Waals surface area (Å²) in [4.78, 5) is 24.0. The number of imide groups is 1. The van der Waals surface area contributed by atoms with Crippen molar-refractivity contribution in [1.29, 1.82) is 0 Å². The minimum atomic E-state index is -0.348. The molecule has 172 valence electrons. The van der Waals surface area contributed by atoms with E-state index in [0.717, 1.165) is 40.6 Å². The molecule has 2 aromatic carbocycles. The molecule has 0 aromatic heterocycles. The van der Waals surface area contributed by atoms with Gasteiger partial charge in [0, 0.05) is 5.56 Å². The van der Waals surface area contributed by atoms with Crippen LogP contribution in [0.2, 0.25) is 0 Å². The van der Waals surface area contributed by atoms with Crippen molar-refractivity contribution in [3.8, 4) is 16.9 Å². The van der Waals surface area contributed by atoms with Crippen molar-refractivity contribution in [2.45, 2.75) is 53.4 Å². The zero-order chi connectivity index (χ0) is 23.9. The monoisotopic (exact) mass is 461 g/mol. The predicted octanol–water partition coefficient (Wildman–Crippen LogP) is 7.11. The Kier molecular flexibility index (Phi) is 6.28. The van der Waals surface area contributed by atoms with Crippen LogP contribution in [-0.4, -0.2) is 17.8 Å². The average Bonchev–Trinajstić information content (AvgIpc) is 3.06. The highest BCUT2D eigenvalue weighted by Gasteiger charge is 2.30. The second-order valence-electron chi connectivity index (χ2n) is 9.66. The Hall–Kier alpha value is -2.79. The van der Waals surface area contributed by atoms with Gasteiger partial charge in [0.1, 0.15) is 5.75 Å². The molecular weight excluding hydrogens is 430 g/mol. The molecule has 1 aliphatic carbocycles. The minimum Gasteiger partial charge on any atom is -0.493 e. The summed E-state index contributed by atoms with van der Waals surface area (Å²) >= 11 is 0.932. The normalized spacial score (nSPS) is 18.4. The number of thioether (sulfide) groups is 1. The Morgan fingerprint density at radius 1 is 1.12 bits per heavy atom. The van der Waals surface area contributed by atoms with Crippen LogP contribution >= 0.6 is 11.8 Å². The summed E-state index contributed by atoms with van der Waals surface area (Å²) in [5, 5.41) is 1.98. The van der Waals surface area contributed by atoms with Crippen molar-refractivity contribution >= 4 is 34.6 Å². The SMILES string of the molecule is CCOc1ccc(C=C2SC(=O)NC2=O)cc1-c1cc2c(cc1C)C(C)(C)CC=C2C(C)C. The van der Waals surface area contributed by atoms with Gasteiger partial charge in [-0.3, -0.25) is 14.9 Å². The van der Waals surface area contributed by atoms with Gasteiger partial charge in [0.2, 0.25) is 0 Å². The van der Waals surface area contributed by atoms with Gasteiger partial charge < -0.3 is 4.74 Å². The Bertz CT molecular complexity index is 1200. The van der Waals surface area contributed by atoms with Gasteiger partial charge in [-0.25, -0.2) is 0 Å². The first kappa shape index (κ1) is 23.4. The third-order valence-electron chi connectivity index (χ3n) is 6.39. The lowest BCUT2D eigenvalue weighted by molar-refractivity contribution is -0.115. The number of hydrogen-bond acceptors (Lipinski definition) is 4. The lowest BCUT2D eigenvalue weighted by Crippen LogP contribution is -2.23. The van der Waals surface area contributed by atoms with Gasteiger partial charge in [-0.15, -0.1) is 0 Å². The molecule has 0 unspecified atom stereocenters. The maximum absolute atomic E-state index is 12.0. The van der Waals surface area contributed by atoms with Gasteiger partial charge in [0.05, 0.1) is 11.5 Å². The van der Waals surface area contributed by atoms with Crippen molar-refractivity contribution < 1.29 is 14.3 Å². The van der Waals surface area contributed by atoms with E-state index in [1.807, 2.05) is 19.1 Å². The maximum Gasteiger partial charge on any atom is 0.290 e. The van der Waals surface area contributed by atoms with E-state index in [4.69, 9.17) is 4.74 Å². The van der Waals surface area contributed by atoms with Crippen LogP contribution in [0.4, 0.5) is 4.79 Å². The van der Waals surface area contributed by atoms with E-state index in [0.29, 0.717) is 17.4 Å². The van der Waals surface area contributed by atoms with Crippen LogP contribution < -0.4 is 10.1 Å². The van der Waals surface area contributed by atoms with Crippen molar-refractivity contribution in [3.63, 3.8) is 0 Å². The predicted molar refractivity (Wildman–Crippen MR) is 137 cm³/mol. The molecule has 1 aliphatic heterocycles. The first-order valence-corrected chi connectivity index (χ1v) is 12.3. The molecule has 1 N–H and O–H groups in total. The van der Waals surface area contributed by atoms with E-state index in [-0.39, 0.29) is 16.6 Å². The van der Waals surface area contributed by atoms with E-state index >= 15 is 0 Å². The van der Waals surface area contributed by atoms with Gasteiger partial charge in [-0.05, 0) is 101 Å². The summed E-state index contributed by atoms with van der Waals surface area (Å²) in [6.45, 7) is 13.8. The van der Waals surface area contributed by atoms with E-state index in [1.54, 1.807) is 6.08 Å². The third-order valence-corrected chi connectivity index (χ3v) is 7.20. The number of nitrogens with one attached hydrogen (secondary N) is 1. The summed E-state index contributed by atoms with van der Waals surface area (Å²) in [5.41, 5.74) is 8.35. The van der Waals surface area contributed by atoms with Crippen molar-refractivity contribution in [2.24, 2.45) is 5.92 Å². The minimum absolute atomic E-state index is 0.0889. The van der Waals surface area contributed by atoms with Crippen LogP contribution in [0.15, 0.2) is 41.3 Å². The molecule has 0 bridgehead atoms. The number of hydrogen-bond donors (Lipinski definition) is 1. The Morgan fingerprint density at radius 3 is 2.52 bits per heavy atom. The number of allylic oxidation sites excluding steroid dienone is 2. The molecule has 2 aliphatic rings. The smallest absolute Gasteiger partial charge is 0.290 e. The van der Waals surface area contributed by atoms with Crippen molar-refractivity contribution in [1.82, 2.24) is 5.32 Å². The number of benzene rings is 2. The Labute approximate surface area is 200 Å². The van der Waals surface area contributed by atoms with Crippen LogP contribution in [-0.2, 0) is 10.2 Å². The number of fused-ring (bicyclic) bond motifs is 1. The number of aryl methyl sites for hydroxylation is 1. The molecule has 1 heterocycles. The lowest BCUT2D eigenvalue weighted by atomic mass is 9.70. The molecule has 4 nitrogen and oxygen atoms in total. The third kappa shape index (κ3) is 4.51. The van der Waals surface area contributed by atoms with Crippen LogP contribution in [0.5, 0.6) is 5.75 Å². The largest absolute Gasteiger partial charge is 0.493 e. The van der Waals surface area contributed by atoms with Crippen LogP contribution in [0.25, 0.3) is 22.8 Å². The number of carbonyl (C=O) groups is 2. The quantitative estimate of drug-likeness (QED) is 0.482. The van der Waals surface area contributed by atoms with Gasteiger partial charge in [0.15, 0.2) is 0 Å². The highest BCUT2D eigenvalue weighted by atomic mass is 32.2. The highest BCUT2D eigenvalue weighted by molar-refractivity contribution is 8.18. The van der Waals surface area contributed by atoms with Gasteiger partial charge >= 0.3 is 0 Å². The number of ether oxygens (including phenoxy) is 1. The number of carbonyl (C=O) groups excluding carboxylic acids is 2. The molecule has 4 rings (SSSR count). The molecular formula is C28H31NO3S. The summed E-state index contributed by atoms with van der Waals surface area (Å²) in [6, 6.07) is 10.6. The Morgan fingerprint density at radius 2 is 1.88 bits per heavy atom. The first-order valence-electron chi connectivity index (χ1n) is 11.5. The standard InChI is InChI=1S/C28H31NO3S/c1-7-32-24-9-8-18(14-25-26(30)29-27(31)33-25)13-22(24)20-15-21-19(16(2)3)10-11-28(5,6)23(21)12-17(20)4/h8-10,12-16H,7,11H2,1-6H3,(H,29,30,31). The number of amides is 2. The van der Waals surface area contributed by atoms with Crippen molar-refractivity contribution in [3.05, 3.63) is 63.6 Å². The van der Waals surface area contributed by atoms with E-state index in [2.05, 4.69) is 64.2 Å². The topological polar surface area (TPSA) is 55.4 Å². The fourth-order valence-electron chi connectivity index (χ4n) is 4.63. The van der Waals surface area contributed by atoms with Crippen LogP contribution in [0.3, 0.4) is 0 Å². The summed E-state index contributed by atoms with van der Waals surface area (Å²) < 4.78 is 5.99. The van der Waals surface area contributed by atoms with Gasteiger partial charge in [-0.2, -0.15) is 0 Å². The maximum atomic E-state index is 12.0. The van der Waals surface area contributed by atoms with Crippen LogP contribution in [0, 0.1) is 12.8 Å². The zero-order valence-electron chi connectivity index (χ0n) is 20.2. The second kappa shape index (κ2) is 8.86. The molecule has 0 spiro atoms. The molecule has 33 heavy (non-hydrogen) atoms. The molecule has 5 heteroatoms. The molecule has 0 atom stereocenters. The second-order valence-corrected chi connectivity index (χ2v) is 10.7. The summed E-state index contributed by atoms with van der Waals surface area (Å²) in [5.74, 6) is 0.903. The van der Waals surface area contributed by atoms with E-state index < -0.39 is 0 Å². The zero-order valence-corrected chi connectivity index (χ0v) is 21.0. The molecule has 1 saturated heterocycles. The highest BCUT2D eigenvalue weighted by Crippen LogP contribution is 2.45. The van der Waals surface area contributed by atoms with Crippen molar-refractivity contribution in [2.75, 3.05) is 6.61 Å². The van der Waals surface area contributed by atoms with E-state index in [9.17, 15) is 9.59 Å². The fourth-order valence-corrected chi connectivity index (χ4v) is 5.31. The molecule has 0 radical (unpaired) electrons. The first-order chi connectivity index (χ1) is 15.6. The number of rotatable bonds is 5. The lowest BCUT2D eigenvalue weighted by Gasteiger charge is -2.34. The van der Waals surface area contributed by atoms with Gasteiger partial charge in [-0.1, -0.05) is 45.9 Å². The van der Waals surface area contributed by atoms with E-state index in [1.165, 1.54) is 22.3 Å². The summed E-state index contributed by atoms with van der Waals surface area (Å²) in [6.07, 6.45) is 5.20. The molecule has 0 saturated carbocycles. The average molecular weight is 462 g/mol.